The van der Waals surface area contributed by atoms with Crippen molar-refractivity contribution < 1.29 is 24.2 Å². The zero-order valence-electron chi connectivity index (χ0n) is 19.0. The van der Waals surface area contributed by atoms with Crippen molar-refractivity contribution in [2.45, 2.75) is 44.6 Å². The van der Waals surface area contributed by atoms with Crippen LogP contribution in [0, 0.1) is 5.41 Å². The molecule has 2 aliphatic rings. The van der Waals surface area contributed by atoms with Crippen molar-refractivity contribution in [2.24, 2.45) is 5.41 Å². The summed E-state index contributed by atoms with van der Waals surface area (Å²) in [5, 5.41) is 12.1. The molecule has 1 saturated carbocycles. The maximum absolute atomic E-state index is 13.1. The van der Waals surface area contributed by atoms with E-state index in [0.29, 0.717) is 12.8 Å². The molecule has 1 atom stereocenters. The molecule has 0 aliphatic heterocycles. The highest BCUT2D eigenvalue weighted by atomic mass is 16.5. The average Bonchev–Trinajstić information content (AvgIpc) is 3.44. The Morgan fingerprint density at radius 2 is 1.61 bits per heavy atom. The Labute approximate surface area is 193 Å². The number of fused-ring (bicyclic) bond motifs is 3. The van der Waals surface area contributed by atoms with Crippen molar-refractivity contribution in [3.8, 4) is 11.1 Å². The molecule has 7 heteroatoms. The van der Waals surface area contributed by atoms with Gasteiger partial charge in [-0.2, -0.15) is 0 Å². The largest absolute Gasteiger partial charge is 0.480 e. The van der Waals surface area contributed by atoms with E-state index in [1.807, 2.05) is 24.3 Å². The maximum atomic E-state index is 13.1. The van der Waals surface area contributed by atoms with Crippen LogP contribution in [0.2, 0.25) is 0 Å². The highest BCUT2D eigenvalue weighted by molar-refractivity contribution is 5.88. The molecule has 2 aromatic rings. The molecule has 2 aromatic carbocycles. The van der Waals surface area contributed by atoms with Crippen molar-refractivity contribution in [3.63, 3.8) is 0 Å². The van der Waals surface area contributed by atoms with Crippen LogP contribution in [0.5, 0.6) is 0 Å². The highest BCUT2D eigenvalue weighted by Crippen LogP contribution is 2.44. The van der Waals surface area contributed by atoms with Crippen LogP contribution in [0.25, 0.3) is 11.1 Å². The number of carboxylic acid groups (broad SMARTS) is 1. The van der Waals surface area contributed by atoms with Gasteiger partial charge in [-0.25, -0.2) is 9.59 Å². The van der Waals surface area contributed by atoms with Crippen molar-refractivity contribution in [1.82, 2.24) is 10.2 Å². The molecular formula is C26H30N2O5. The molecule has 1 fully saturated rings. The zero-order valence-corrected chi connectivity index (χ0v) is 19.0. The van der Waals surface area contributed by atoms with E-state index in [-0.39, 0.29) is 25.0 Å². The molecule has 0 radical (unpaired) electrons. The van der Waals surface area contributed by atoms with Gasteiger partial charge in [0.25, 0.3) is 0 Å². The van der Waals surface area contributed by atoms with Crippen LogP contribution in [0.1, 0.15) is 49.7 Å². The number of hydrogen-bond donors (Lipinski definition) is 2. The number of benzene rings is 2. The smallest absolute Gasteiger partial charge is 0.407 e. The van der Waals surface area contributed by atoms with Gasteiger partial charge in [0.05, 0.1) is 5.41 Å². The first-order valence-corrected chi connectivity index (χ1v) is 11.4. The lowest BCUT2D eigenvalue weighted by Crippen LogP contribution is -2.51. The number of nitrogens with one attached hydrogen (secondary N) is 1. The molecule has 174 valence electrons. The first kappa shape index (κ1) is 22.8. The molecule has 0 heterocycles. The lowest BCUT2D eigenvalue weighted by Gasteiger charge is -2.34. The number of ether oxygens (including phenoxy) is 1. The summed E-state index contributed by atoms with van der Waals surface area (Å²) < 4.78 is 5.60. The zero-order chi connectivity index (χ0) is 23.6. The third-order valence-electron chi connectivity index (χ3n) is 7.19. The second kappa shape index (κ2) is 9.25. The SMILES string of the molecule is C[C@@H](C(=O)O)N(C)C(=O)C1(CNC(=O)OCC2c3ccccc3-c3ccccc32)CCCC1. The van der Waals surface area contributed by atoms with Crippen molar-refractivity contribution in [3.05, 3.63) is 59.7 Å². The Bertz CT molecular complexity index is 1010. The number of aliphatic carboxylic acids is 1. The molecule has 2 N–H and O–H groups in total. The first-order chi connectivity index (χ1) is 15.8. The first-order valence-electron chi connectivity index (χ1n) is 11.4. The number of likely N-dealkylation sites (N-methyl/N-ethyl adjacent to an activating group) is 1. The number of rotatable bonds is 7. The lowest BCUT2D eigenvalue weighted by atomic mass is 9.84. The van der Waals surface area contributed by atoms with Crippen LogP contribution in [0.4, 0.5) is 4.79 Å². The van der Waals surface area contributed by atoms with E-state index in [4.69, 9.17) is 4.74 Å². The van der Waals surface area contributed by atoms with E-state index in [2.05, 4.69) is 29.6 Å². The van der Waals surface area contributed by atoms with Gasteiger partial charge in [0.15, 0.2) is 0 Å². The minimum absolute atomic E-state index is 0.0345. The minimum Gasteiger partial charge on any atom is -0.480 e. The second-order valence-corrected chi connectivity index (χ2v) is 9.10. The fourth-order valence-electron chi connectivity index (χ4n) is 5.12. The van der Waals surface area contributed by atoms with E-state index < -0.39 is 23.5 Å². The Hall–Kier alpha value is -3.35. The van der Waals surface area contributed by atoms with Crippen LogP contribution >= 0.6 is 0 Å². The monoisotopic (exact) mass is 450 g/mol. The van der Waals surface area contributed by atoms with Crippen LogP contribution in [0.3, 0.4) is 0 Å². The normalized spacial score (nSPS) is 17.0. The van der Waals surface area contributed by atoms with E-state index in [1.54, 1.807) is 0 Å². The van der Waals surface area contributed by atoms with E-state index in [0.717, 1.165) is 35.1 Å². The van der Waals surface area contributed by atoms with Gasteiger partial charge in [-0.15, -0.1) is 0 Å². The molecule has 2 amide bonds. The number of amides is 2. The molecular weight excluding hydrogens is 420 g/mol. The third-order valence-corrected chi connectivity index (χ3v) is 7.19. The molecule has 0 aromatic heterocycles. The van der Waals surface area contributed by atoms with Crippen molar-refractivity contribution >= 4 is 18.0 Å². The second-order valence-electron chi connectivity index (χ2n) is 9.10. The summed E-state index contributed by atoms with van der Waals surface area (Å²) in [6.45, 7) is 1.83. The Morgan fingerprint density at radius 3 is 2.15 bits per heavy atom. The quantitative estimate of drug-likeness (QED) is 0.664. The average molecular weight is 451 g/mol. The standard InChI is InChI=1S/C26H30N2O5/c1-17(23(29)30)28(2)24(31)26(13-7-8-14-26)16-27-25(32)33-15-22-20-11-5-3-9-18(20)19-10-4-6-12-21(19)22/h3-6,9-12,17,22H,7-8,13-16H2,1-2H3,(H,27,32)(H,29,30)/t17-/m0/s1. The number of nitrogens with zero attached hydrogens (tertiary/aromatic N) is 1. The Balaban J connectivity index is 1.40. The van der Waals surface area contributed by atoms with E-state index >= 15 is 0 Å². The summed E-state index contributed by atoms with van der Waals surface area (Å²) >= 11 is 0. The van der Waals surface area contributed by atoms with Crippen LogP contribution < -0.4 is 5.32 Å². The van der Waals surface area contributed by atoms with Gasteiger partial charge in [0, 0.05) is 19.5 Å². The van der Waals surface area contributed by atoms with Gasteiger partial charge in [0.2, 0.25) is 5.91 Å². The van der Waals surface area contributed by atoms with Crippen molar-refractivity contribution in [1.29, 1.82) is 0 Å². The fraction of sp³-hybridized carbons (Fsp3) is 0.423. The highest BCUT2D eigenvalue weighted by Gasteiger charge is 2.44. The van der Waals surface area contributed by atoms with Gasteiger partial charge in [-0.05, 0) is 42.0 Å². The van der Waals surface area contributed by atoms with Gasteiger partial charge in [-0.3, -0.25) is 4.79 Å². The molecule has 0 bridgehead atoms. The van der Waals surface area contributed by atoms with Gasteiger partial charge in [0.1, 0.15) is 12.6 Å². The van der Waals surface area contributed by atoms with Gasteiger partial charge >= 0.3 is 12.1 Å². The molecule has 4 rings (SSSR count). The summed E-state index contributed by atoms with van der Waals surface area (Å²) in [6.07, 6.45) is 2.41. The Morgan fingerprint density at radius 1 is 1.06 bits per heavy atom. The lowest BCUT2D eigenvalue weighted by molar-refractivity contribution is -0.152. The number of carbonyl (C=O) groups excluding carboxylic acids is 2. The predicted molar refractivity (Wildman–Crippen MR) is 124 cm³/mol. The third kappa shape index (κ3) is 4.32. The number of hydrogen-bond acceptors (Lipinski definition) is 4. The summed E-state index contributed by atoms with van der Waals surface area (Å²) in [7, 11) is 1.51. The number of carbonyl (C=O) groups is 3. The topological polar surface area (TPSA) is 95.9 Å². The van der Waals surface area contributed by atoms with Crippen molar-refractivity contribution in [2.75, 3.05) is 20.2 Å². The summed E-state index contributed by atoms with van der Waals surface area (Å²) in [5.41, 5.74) is 3.81. The molecule has 0 spiro atoms. The molecule has 7 nitrogen and oxygen atoms in total. The summed E-state index contributed by atoms with van der Waals surface area (Å²) in [6, 6.07) is 15.3. The van der Waals surface area contributed by atoms with Gasteiger partial charge < -0.3 is 20.1 Å². The van der Waals surface area contributed by atoms with Crippen LogP contribution in [-0.4, -0.2) is 54.2 Å². The van der Waals surface area contributed by atoms with Gasteiger partial charge in [-0.1, -0.05) is 61.4 Å². The Kier molecular flexibility index (Phi) is 6.40. The van der Waals surface area contributed by atoms with E-state index in [1.165, 1.54) is 18.9 Å². The minimum atomic E-state index is -1.05. The fourth-order valence-corrected chi connectivity index (χ4v) is 5.12. The predicted octanol–water partition coefficient (Wildman–Crippen LogP) is 4.02. The van der Waals surface area contributed by atoms with E-state index in [9.17, 15) is 19.5 Å². The summed E-state index contributed by atoms with van der Waals surface area (Å²) in [4.78, 5) is 38.3. The number of carboxylic acids is 1. The molecule has 2 aliphatic carbocycles. The van der Waals surface area contributed by atoms with Crippen LogP contribution in [0.15, 0.2) is 48.5 Å². The molecule has 33 heavy (non-hydrogen) atoms. The maximum Gasteiger partial charge on any atom is 0.407 e. The van der Waals surface area contributed by atoms with Crippen LogP contribution in [-0.2, 0) is 14.3 Å². The summed E-state index contributed by atoms with van der Waals surface area (Å²) in [5.74, 6) is -1.33. The molecule has 0 saturated heterocycles. The molecule has 0 unspecified atom stereocenters. The number of alkyl carbamates (subject to hydrolysis) is 1.